The molecule has 2 aliphatic rings. The Labute approximate surface area is 279 Å². The van der Waals surface area contributed by atoms with Gasteiger partial charge in [0.1, 0.15) is 35.0 Å². The van der Waals surface area contributed by atoms with Gasteiger partial charge in [-0.2, -0.15) is 26.3 Å². The molecule has 0 bridgehead atoms. The van der Waals surface area contributed by atoms with E-state index < -0.39 is 58.8 Å². The molecule has 2 aromatic carbocycles. The quantitative estimate of drug-likeness (QED) is 0.187. The van der Waals surface area contributed by atoms with Crippen LogP contribution in [-0.2, 0) is 22.0 Å². The van der Waals surface area contributed by atoms with Crippen molar-refractivity contribution in [3.05, 3.63) is 95.1 Å². The van der Waals surface area contributed by atoms with Crippen LogP contribution in [0.15, 0.2) is 66.9 Å². The summed E-state index contributed by atoms with van der Waals surface area (Å²) in [4.78, 5) is 33.7. The minimum atomic E-state index is -5.44. The fourth-order valence-corrected chi connectivity index (χ4v) is 5.31. The van der Waals surface area contributed by atoms with Crippen LogP contribution in [0.1, 0.15) is 46.9 Å². The number of pyridine rings is 2. The minimum absolute atomic E-state index is 0.0634. The van der Waals surface area contributed by atoms with Gasteiger partial charge >= 0.3 is 12.4 Å². The molecule has 0 unspecified atom stereocenters. The fraction of sp³-hybridized carbons (Fsp3) is 0.294. The Morgan fingerprint density at radius 1 is 1.04 bits per heavy atom. The van der Waals surface area contributed by atoms with Gasteiger partial charge in [-0.3, -0.25) is 14.6 Å². The number of nitrogens with zero attached hydrogens (tertiary/aromatic N) is 2. The lowest BCUT2D eigenvalue weighted by atomic mass is 9.81. The van der Waals surface area contributed by atoms with Gasteiger partial charge in [0.25, 0.3) is 5.91 Å². The van der Waals surface area contributed by atoms with Crippen LogP contribution in [-0.4, -0.2) is 52.3 Å². The molecule has 1 aliphatic heterocycles. The third kappa shape index (κ3) is 6.42. The zero-order chi connectivity index (χ0) is 36.2. The van der Waals surface area contributed by atoms with E-state index in [0.717, 1.165) is 30.3 Å². The molecule has 3 heterocycles. The maximum atomic E-state index is 14.8. The highest BCUT2D eigenvalue weighted by atomic mass is 19.4. The Bertz CT molecular complexity index is 1970. The number of primary amides is 1. The van der Waals surface area contributed by atoms with Crippen LogP contribution in [0.2, 0.25) is 0 Å². The topological polar surface area (TPSA) is 137 Å². The highest BCUT2D eigenvalue weighted by Crippen LogP contribution is 2.48. The van der Waals surface area contributed by atoms with Crippen molar-refractivity contribution in [2.45, 2.75) is 49.2 Å². The highest BCUT2D eigenvalue weighted by molar-refractivity contribution is 5.95. The predicted octanol–water partition coefficient (Wildman–Crippen LogP) is 5.83. The average Bonchev–Trinajstić information content (AvgIpc) is 3.82. The summed E-state index contributed by atoms with van der Waals surface area (Å²) in [6, 6.07) is 11.1. The summed E-state index contributed by atoms with van der Waals surface area (Å²) < 4.78 is 109. The van der Waals surface area contributed by atoms with E-state index in [2.05, 4.69) is 15.3 Å². The second-order valence-corrected chi connectivity index (χ2v) is 12.2. The molecule has 16 heteroatoms. The summed E-state index contributed by atoms with van der Waals surface area (Å²) in [6.45, 7) is -0.445. The maximum absolute atomic E-state index is 14.8. The molecule has 9 nitrogen and oxygen atoms in total. The summed E-state index contributed by atoms with van der Waals surface area (Å²) >= 11 is 0. The first-order chi connectivity index (χ1) is 23.4. The largest absolute Gasteiger partial charge is 0.490 e. The van der Waals surface area contributed by atoms with Crippen molar-refractivity contribution in [1.29, 1.82) is 0 Å². The van der Waals surface area contributed by atoms with E-state index in [0.29, 0.717) is 19.0 Å². The Morgan fingerprint density at radius 3 is 2.32 bits per heavy atom. The number of rotatable bonds is 9. The number of aromatic nitrogens is 2. The third-order valence-corrected chi connectivity index (χ3v) is 8.56. The van der Waals surface area contributed by atoms with Crippen LogP contribution in [0.5, 0.6) is 11.5 Å². The number of benzene rings is 2. The SMILES string of the molecule is C[C@]1(C(N)=O)COc2c1cc([C@@](O)(CNC(=O)c1ccc(-c3ccc(C(F)(F)F)cn3)c(OC3CC3)c1)C(F)(F)F)nc2-c1ccc(F)cc1. The van der Waals surface area contributed by atoms with Crippen LogP contribution in [0.3, 0.4) is 0 Å². The molecule has 1 fully saturated rings. The Kier molecular flexibility index (Phi) is 8.49. The number of carbonyl (C=O) groups is 2. The fourth-order valence-electron chi connectivity index (χ4n) is 5.31. The predicted molar refractivity (Wildman–Crippen MR) is 162 cm³/mol. The number of nitrogens with two attached hydrogens (primary N) is 1. The lowest BCUT2D eigenvalue weighted by Crippen LogP contribution is -2.51. The number of aliphatic hydroxyl groups is 1. The molecule has 0 saturated heterocycles. The number of alkyl halides is 6. The van der Waals surface area contributed by atoms with Gasteiger partial charge in [0, 0.05) is 28.5 Å². The van der Waals surface area contributed by atoms with Crippen LogP contribution in [0.4, 0.5) is 30.7 Å². The van der Waals surface area contributed by atoms with E-state index in [4.69, 9.17) is 15.2 Å². The van der Waals surface area contributed by atoms with Crippen LogP contribution >= 0.6 is 0 Å². The van der Waals surface area contributed by atoms with Crippen molar-refractivity contribution in [2.24, 2.45) is 5.73 Å². The Morgan fingerprint density at radius 2 is 1.74 bits per heavy atom. The van der Waals surface area contributed by atoms with E-state index in [1.807, 2.05) is 0 Å². The molecule has 2 atom stereocenters. The zero-order valence-corrected chi connectivity index (χ0v) is 26.0. The first-order valence-corrected chi connectivity index (χ1v) is 15.1. The summed E-state index contributed by atoms with van der Waals surface area (Å²) in [5, 5.41) is 13.4. The zero-order valence-electron chi connectivity index (χ0n) is 26.0. The number of nitrogens with one attached hydrogen (secondary N) is 1. The van der Waals surface area contributed by atoms with Gasteiger partial charge in [0.05, 0.1) is 29.6 Å². The molecular weight excluding hydrogens is 677 g/mol. The number of fused-ring (bicyclic) bond motifs is 1. The van der Waals surface area contributed by atoms with Gasteiger partial charge in [-0.15, -0.1) is 0 Å². The number of hydrogen-bond donors (Lipinski definition) is 3. The summed E-state index contributed by atoms with van der Waals surface area (Å²) in [5.74, 6) is -2.66. The number of amides is 2. The normalized spacial score (nSPS) is 18.5. The smallest absolute Gasteiger partial charge is 0.424 e. The van der Waals surface area contributed by atoms with Crippen LogP contribution < -0.4 is 20.5 Å². The lowest BCUT2D eigenvalue weighted by molar-refractivity contribution is -0.265. The number of ether oxygens (including phenoxy) is 2. The highest BCUT2D eigenvalue weighted by Gasteiger charge is 2.57. The van der Waals surface area contributed by atoms with Gasteiger partial charge in [0.15, 0.2) is 0 Å². The van der Waals surface area contributed by atoms with Gasteiger partial charge in [-0.1, -0.05) is 0 Å². The molecule has 0 spiro atoms. The second-order valence-electron chi connectivity index (χ2n) is 12.2. The van der Waals surface area contributed by atoms with Gasteiger partial charge in [0.2, 0.25) is 11.5 Å². The van der Waals surface area contributed by atoms with Crippen molar-refractivity contribution in [2.75, 3.05) is 13.2 Å². The number of hydrogen-bond acceptors (Lipinski definition) is 7. The number of carbonyl (C=O) groups excluding carboxylic acids is 2. The third-order valence-electron chi connectivity index (χ3n) is 8.56. The van der Waals surface area contributed by atoms with Crippen molar-refractivity contribution >= 4 is 11.8 Å². The first kappa shape index (κ1) is 34.6. The minimum Gasteiger partial charge on any atom is -0.490 e. The van der Waals surface area contributed by atoms with Gasteiger partial charge in [-0.05, 0) is 80.4 Å². The van der Waals surface area contributed by atoms with Crippen molar-refractivity contribution in [3.63, 3.8) is 0 Å². The summed E-state index contributed by atoms with van der Waals surface area (Å²) in [7, 11) is 0. The summed E-state index contributed by atoms with van der Waals surface area (Å²) in [5.41, 5.74) is -1.91. The van der Waals surface area contributed by atoms with Crippen molar-refractivity contribution in [1.82, 2.24) is 15.3 Å². The van der Waals surface area contributed by atoms with Crippen LogP contribution in [0.25, 0.3) is 22.5 Å². The standard InChI is InChI=1S/C34H27F7N4O5/c1-31(30(42)47)16-49-28-23(31)13-26(45-27(28)17-2-6-20(35)7-3-17)32(48,34(39,40)41)15-44-29(46)18-4-10-22(25(12-18)50-21-8-9-21)24-11-5-19(14-43-24)33(36,37)38/h2-7,10-14,21,48H,8-9,15-16H2,1H3,(H2,42,47)(H,44,46)/t31-,32-/m0/s1. The molecule has 1 aliphatic carbocycles. The molecule has 6 rings (SSSR count). The Hall–Kier alpha value is -5.25. The van der Waals surface area contributed by atoms with E-state index in [-0.39, 0.29) is 57.9 Å². The molecule has 50 heavy (non-hydrogen) atoms. The van der Waals surface area contributed by atoms with E-state index in [1.54, 1.807) is 0 Å². The molecule has 0 radical (unpaired) electrons. The summed E-state index contributed by atoms with van der Waals surface area (Å²) in [6.07, 6.45) is -8.32. The lowest BCUT2D eigenvalue weighted by Gasteiger charge is -2.31. The second kappa shape index (κ2) is 12.3. The molecule has 2 amide bonds. The molecule has 4 N–H and O–H groups in total. The van der Waals surface area contributed by atoms with Gasteiger partial charge in [-0.25, -0.2) is 9.37 Å². The molecule has 2 aromatic heterocycles. The molecular formula is C34H27F7N4O5. The Balaban J connectivity index is 1.34. The van der Waals surface area contributed by atoms with Crippen molar-refractivity contribution < 1.29 is 54.9 Å². The van der Waals surface area contributed by atoms with E-state index in [9.17, 15) is 45.4 Å². The van der Waals surface area contributed by atoms with E-state index >= 15 is 0 Å². The molecule has 1 saturated carbocycles. The average molecular weight is 705 g/mol. The monoisotopic (exact) mass is 704 g/mol. The molecule has 4 aromatic rings. The molecule has 262 valence electrons. The number of halogens is 7. The van der Waals surface area contributed by atoms with Gasteiger partial charge < -0.3 is 25.6 Å². The maximum Gasteiger partial charge on any atom is 0.424 e. The first-order valence-electron chi connectivity index (χ1n) is 15.1. The van der Waals surface area contributed by atoms with E-state index in [1.165, 1.54) is 37.3 Å². The van der Waals surface area contributed by atoms with Crippen LogP contribution in [0, 0.1) is 5.82 Å². The van der Waals surface area contributed by atoms with Crippen molar-refractivity contribution in [3.8, 4) is 34.0 Å².